The molecule has 0 aliphatic rings. The number of rotatable bonds is 5. The molecule has 1 aromatic carbocycles. The molecular formula is C13H18F3NO. The van der Waals surface area contributed by atoms with Crippen molar-refractivity contribution in [2.75, 3.05) is 18.5 Å². The summed E-state index contributed by atoms with van der Waals surface area (Å²) in [5.41, 5.74) is -0.342. The molecule has 5 heteroatoms. The van der Waals surface area contributed by atoms with Crippen LogP contribution in [0.3, 0.4) is 0 Å². The maximum absolute atomic E-state index is 12.4. The van der Waals surface area contributed by atoms with E-state index in [0.717, 1.165) is 12.1 Å². The average molecular weight is 261 g/mol. The molecule has 0 saturated heterocycles. The van der Waals surface area contributed by atoms with Gasteiger partial charge in [-0.05, 0) is 45.0 Å². The predicted octanol–water partition coefficient (Wildman–Crippen LogP) is 3.93. The lowest BCUT2D eigenvalue weighted by Gasteiger charge is -2.25. The van der Waals surface area contributed by atoms with Crippen LogP contribution in [0.4, 0.5) is 18.9 Å². The monoisotopic (exact) mass is 261 g/mol. The van der Waals surface area contributed by atoms with Gasteiger partial charge in [-0.3, -0.25) is 0 Å². The highest BCUT2D eigenvalue weighted by Crippen LogP contribution is 2.29. The molecule has 0 aliphatic carbocycles. The van der Waals surface area contributed by atoms with Crippen LogP contribution in [-0.4, -0.2) is 18.8 Å². The summed E-state index contributed by atoms with van der Waals surface area (Å²) in [5.74, 6) is 0. The summed E-state index contributed by atoms with van der Waals surface area (Å²) in [5, 5.41) is 3.06. The Balaban J connectivity index is 2.60. The first-order valence-corrected chi connectivity index (χ1v) is 5.80. The van der Waals surface area contributed by atoms with E-state index in [9.17, 15) is 13.2 Å². The quantitative estimate of drug-likeness (QED) is 0.867. The predicted molar refractivity (Wildman–Crippen MR) is 65.6 cm³/mol. The van der Waals surface area contributed by atoms with Crippen molar-refractivity contribution in [1.29, 1.82) is 0 Å². The van der Waals surface area contributed by atoms with Crippen molar-refractivity contribution in [1.82, 2.24) is 0 Å². The number of alkyl halides is 3. The second kappa shape index (κ2) is 5.61. The fourth-order valence-corrected chi connectivity index (χ4v) is 1.53. The molecule has 102 valence electrons. The Morgan fingerprint density at radius 2 is 1.67 bits per heavy atom. The zero-order chi connectivity index (χ0) is 13.8. The molecule has 1 N–H and O–H groups in total. The van der Waals surface area contributed by atoms with Gasteiger partial charge in [-0.2, -0.15) is 13.2 Å². The molecule has 0 bridgehead atoms. The molecule has 0 radical (unpaired) electrons. The van der Waals surface area contributed by atoms with Crippen molar-refractivity contribution in [3.05, 3.63) is 29.8 Å². The van der Waals surface area contributed by atoms with E-state index in [0.29, 0.717) is 18.8 Å². The first kappa shape index (κ1) is 14.8. The molecule has 1 aromatic rings. The van der Waals surface area contributed by atoms with E-state index in [-0.39, 0.29) is 5.60 Å². The van der Waals surface area contributed by atoms with E-state index in [1.54, 1.807) is 0 Å². The molecular weight excluding hydrogens is 243 g/mol. The zero-order valence-corrected chi connectivity index (χ0v) is 10.8. The normalized spacial score (nSPS) is 12.6. The highest BCUT2D eigenvalue weighted by molar-refractivity contribution is 5.45. The minimum atomic E-state index is -4.29. The van der Waals surface area contributed by atoms with Crippen LogP contribution in [0, 0.1) is 0 Å². The van der Waals surface area contributed by atoms with Crippen LogP contribution in [-0.2, 0) is 10.9 Å². The van der Waals surface area contributed by atoms with Crippen LogP contribution in [0.5, 0.6) is 0 Å². The highest BCUT2D eigenvalue weighted by atomic mass is 19.4. The highest BCUT2D eigenvalue weighted by Gasteiger charge is 2.30. The minimum Gasteiger partial charge on any atom is -0.382 e. The lowest BCUT2D eigenvalue weighted by molar-refractivity contribution is -0.137. The number of nitrogens with one attached hydrogen (secondary N) is 1. The average Bonchev–Trinajstić information content (AvgIpc) is 2.26. The first-order valence-electron chi connectivity index (χ1n) is 5.80. The van der Waals surface area contributed by atoms with Gasteiger partial charge in [0.15, 0.2) is 0 Å². The van der Waals surface area contributed by atoms with Crippen molar-refractivity contribution in [3.8, 4) is 0 Å². The SMILES string of the molecule is CCOC(C)(C)CNc1ccc(C(F)(F)F)cc1. The van der Waals surface area contributed by atoms with Gasteiger partial charge in [0.25, 0.3) is 0 Å². The Morgan fingerprint density at radius 1 is 1.11 bits per heavy atom. The maximum atomic E-state index is 12.4. The third-order valence-corrected chi connectivity index (χ3v) is 2.47. The second-order valence-corrected chi connectivity index (χ2v) is 4.62. The summed E-state index contributed by atoms with van der Waals surface area (Å²) >= 11 is 0. The lowest BCUT2D eigenvalue weighted by Crippen LogP contribution is -2.33. The van der Waals surface area contributed by atoms with Gasteiger partial charge in [0, 0.05) is 18.8 Å². The number of benzene rings is 1. The largest absolute Gasteiger partial charge is 0.416 e. The number of hydrogen-bond acceptors (Lipinski definition) is 2. The first-order chi connectivity index (χ1) is 8.24. The maximum Gasteiger partial charge on any atom is 0.416 e. The summed E-state index contributed by atoms with van der Waals surface area (Å²) in [6, 6.07) is 4.97. The van der Waals surface area contributed by atoms with Crippen molar-refractivity contribution < 1.29 is 17.9 Å². The van der Waals surface area contributed by atoms with E-state index >= 15 is 0 Å². The summed E-state index contributed by atoms with van der Waals surface area (Å²) in [7, 11) is 0. The molecule has 0 saturated carbocycles. The summed E-state index contributed by atoms with van der Waals surface area (Å²) in [6.07, 6.45) is -4.29. The second-order valence-electron chi connectivity index (χ2n) is 4.62. The van der Waals surface area contributed by atoms with Gasteiger partial charge in [-0.25, -0.2) is 0 Å². The van der Waals surface area contributed by atoms with Crippen LogP contribution in [0.1, 0.15) is 26.3 Å². The number of ether oxygens (including phenoxy) is 1. The van der Waals surface area contributed by atoms with Crippen LogP contribution in [0.25, 0.3) is 0 Å². The van der Waals surface area contributed by atoms with Gasteiger partial charge in [0.05, 0.1) is 11.2 Å². The molecule has 0 amide bonds. The fourth-order valence-electron chi connectivity index (χ4n) is 1.53. The molecule has 2 nitrogen and oxygen atoms in total. The lowest BCUT2D eigenvalue weighted by atomic mass is 10.1. The molecule has 0 unspecified atom stereocenters. The zero-order valence-electron chi connectivity index (χ0n) is 10.8. The fraction of sp³-hybridized carbons (Fsp3) is 0.538. The Bertz CT molecular complexity index is 371. The van der Waals surface area contributed by atoms with Crippen molar-refractivity contribution in [2.24, 2.45) is 0 Å². The molecule has 0 aromatic heterocycles. The van der Waals surface area contributed by atoms with Gasteiger partial charge in [-0.1, -0.05) is 0 Å². The van der Waals surface area contributed by atoms with E-state index in [1.807, 2.05) is 20.8 Å². The van der Waals surface area contributed by atoms with E-state index in [1.165, 1.54) is 12.1 Å². The third kappa shape index (κ3) is 4.56. The topological polar surface area (TPSA) is 21.3 Å². The molecule has 0 fully saturated rings. The molecule has 1 rings (SSSR count). The van der Waals surface area contributed by atoms with Crippen LogP contribution >= 0.6 is 0 Å². The standard InChI is InChI=1S/C13H18F3NO/c1-4-18-12(2,3)9-17-11-7-5-10(6-8-11)13(14,15)16/h5-8,17H,4,9H2,1-3H3. The Morgan fingerprint density at radius 3 is 2.11 bits per heavy atom. The van der Waals surface area contributed by atoms with Crippen LogP contribution in [0.15, 0.2) is 24.3 Å². The van der Waals surface area contributed by atoms with Gasteiger partial charge >= 0.3 is 6.18 Å². The van der Waals surface area contributed by atoms with Crippen LogP contribution in [0.2, 0.25) is 0 Å². The summed E-state index contributed by atoms with van der Waals surface area (Å²) in [6.45, 7) is 6.88. The van der Waals surface area contributed by atoms with Crippen molar-refractivity contribution in [3.63, 3.8) is 0 Å². The smallest absolute Gasteiger partial charge is 0.382 e. The van der Waals surface area contributed by atoms with Crippen molar-refractivity contribution in [2.45, 2.75) is 32.5 Å². The van der Waals surface area contributed by atoms with Gasteiger partial charge in [0.2, 0.25) is 0 Å². The summed E-state index contributed by atoms with van der Waals surface area (Å²) in [4.78, 5) is 0. The number of hydrogen-bond donors (Lipinski definition) is 1. The van der Waals surface area contributed by atoms with E-state index < -0.39 is 11.7 Å². The molecule has 0 aliphatic heterocycles. The Labute approximate surface area is 105 Å². The molecule has 0 atom stereocenters. The third-order valence-electron chi connectivity index (χ3n) is 2.47. The van der Waals surface area contributed by atoms with Gasteiger partial charge < -0.3 is 10.1 Å². The minimum absolute atomic E-state index is 0.350. The molecule has 0 heterocycles. The molecule has 18 heavy (non-hydrogen) atoms. The van der Waals surface area contributed by atoms with Gasteiger partial charge in [-0.15, -0.1) is 0 Å². The number of anilines is 1. The van der Waals surface area contributed by atoms with E-state index in [4.69, 9.17) is 4.74 Å². The van der Waals surface area contributed by atoms with E-state index in [2.05, 4.69) is 5.32 Å². The number of halogens is 3. The Hall–Kier alpha value is -1.23. The van der Waals surface area contributed by atoms with Crippen LogP contribution < -0.4 is 5.32 Å². The Kier molecular flexibility index (Phi) is 4.62. The van der Waals surface area contributed by atoms with Crippen molar-refractivity contribution >= 4 is 5.69 Å². The van der Waals surface area contributed by atoms with Gasteiger partial charge in [0.1, 0.15) is 0 Å². The summed E-state index contributed by atoms with van der Waals surface area (Å²) < 4.78 is 42.6. The molecule has 0 spiro atoms.